The fourth-order valence-corrected chi connectivity index (χ4v) is 2.80. The Morgan fingerprint density at radius 1 is 1.10 bits per heavy atom. The molecule has 0 spiro atoms. The maximum Gasteiger partial charge on any atom is 0.294 e. The molecule has 29 heavy (non-hydrogen) atoms. The standard InChI is InChI=1S/C23H22N2O4/c1-23(2,22(24)28)14-8-13-19-17-11-6-7-12-18(17)20(26)25(21(19)27)29-15-16-9-4-3-5-10-16/h3-7,9-12,27H,13,15H2,1-2H3,(H2,24,28). The third-order valence-electron chi connectivity index (χ3n) is 4.61. The van der Waals surface area contributed by atoms with E-state index in [4.69, 9.17) is 10.6 Å². The highest BCUT2D eigenvalue weighted by atomic mass is 16.7. The van der Waals surface area contributed by atoms with Crippen LogP contribution in [0.25, 0.3) is 10.8 Å². The molecule has 0 radical (unpaired) electrons. The second-order valence-corrected chi connectivity index (χ2v) is 7.17. The van der Waals surface area contributed by atoms with Crippen molar-refractivity contribution < 1.29 is 14.7 Å². The van der Waals surface area contributed by atoms with Crippen LogP contribution in [0.3, 0.4) is 0 Å². The van der Waals surface area contributed by atoms with Gasteiger partial charge in [0, 0.05) is 12.0 Å². The van der Waals surface area contributed by atoms with E-state index in [9.17, 15) is 14.7 Å². The number of fused-ring (bicyclic) bond motifs is 1. The zero-order chi connectivity index (χ0) is 21.0. The molecule has 3 aromatic rings. The van der Waals surface area contributed by atoms with E-state index < -0.39 is 16.9 Å². The molecule has 1 amide bonds. The quantitative estimate of drug-likeness (QED) is 0.654. The number of nitrogens with two attached hydrogens (primary N) is 1. The normalized spacial score (nSPS) is 11.0. The number of primary amides is 1. The molecule has 0 atom stereocenters. The average molecular weight is 390 g/mol. The number of aromatic hydroxyl groups is 1. The molecule has 3 rings (SSSR count). The Labute approximate surface area is 168 Å². The Hall–Kier alpha value is -3.72. The number of carbonyl (C=O) groups is 1. The van der Waals surface area contributed by atoms with Crippen LogP contribution in [0.4, 0.5) is 0 Å². The predicted molar refractivity (Wildman–Crippen MR) is 111 cm³/mol. The Morgan fingerprint density at radius 3 is 2.38 bits per heavy atom. The number of hydrogen-bond donors (Lipinski definition) is 2. The molecule has 6 heteroatoms. The van der Waals surface area contributed by atoms with Gasteiger partial charge >= 0.3 is 0 Å². The summed E-state index contributed by atoms with van der Waals surface area (Å²) in [6.07, 6.45) is 0.123. The van der Waals surface area contributed by atoms with Crippen molar-refractivity contribution in [1.82, 2.24) is 4.73 Å². The highest BCUT2D eigenvalue weighted by molar-refractivity contribution is 5.87. The van der Waals surface area contributed by atoms with Gasteiger partial charge in [-0.3, -0.25) is 9.59 Å². The molecule has 0 aliphatic heterocycles. The van der Waals surface area contributed by atoms with Crippen molar-refractivity contribution in [2.24, 2.45) is 11.1 Å². The molecule has 0 aliphatic rings. The number of benzene rings is 2. The van der Waals surface area contributed by atoms with E-state index in [0.717, 1.165) is 10.3 Å². The average Bonchev–Trinajstić information content (AvgIpc) is 2.71. The number of pyridine rings is 1. The number of carbonyl (C=O) groups excluding carboxylic acids is 1. The largest absolute Gasteiger partial charge is 0.492 e. The van der Waals surface area contributed by atoms with Gasteiger partial charge in [0.15, 0.2) is 0 Å². The summed E-state index contributed by atoms with van der Waals surface area (Å²) in [6.45, 7) is 3.38. The van der Waals surface area contributed by atoms with Gasteiger partial charge in [-0.2, -0.15) is 0 Å². The minimum Gasteiger partial charge on any atom is -0.492 e. The van der Waals surface area contributed by atoms with Crippen molar-refractivity contribution in [2.45, 2.75) is 26.9 Å². The summed E-state index contributed by atoms with van der Waals surface area (Å²) >= 11 is 0. The molecule has 3 N–H and O–H groups in total. The Kier molecular flexibility index (Phi) is 5.60. The highest BCUT2D eigenvalue weighted by Gasteiger charge is 2.22. The van der Waals surface area contributed by atoms with E-state index in [-0.39, 0.29) is 18.9 Å². The fraction of sp³-hybridized carbons (Fsp3) is 0.217. The van der Waals surface area contributed by atoms with Crippen LogP contribution in [0.15, 0.2) is 59.4 Å². The smallest absolute Gasteiger partial charge is 0.294 e. The molecule has 0 aliphatic carbocycles. The molecule has 148 valence electrons. The molecule has 0 fully saturated rings. The first kappa shape index (κ1) is 20.0. The maximum absolute atomic E-state index is 12.8. The minimum absolute atomic E-state index is 0.118. The van der Waals surface area contributed by atoms with Crippen molar-refractivity contribution in [2.75, 3.05) is 0 Å². The number of aromatic nitrogens is 1. The van der Waals surface area contributed by atoms with E-state index in [1.807, 2.05) is 30.3 Å². The van der Waals surface area contributed by atoms with Gasteiger partial charge in [-0.05, 0) is 30.9 Å². The van der Waals surface area contributed by atoms with Crippen molar-refractivity contribution in [1.29, 1.82) is 0 Å². The van der Waals surface area contributed by atoms with E-state index in [0.29, 0.717) is 16.3 Å². The summed E-state index contributed by atoms with van der Waals surface area (Å²) in [5.74, 6) is 4.88. The van der Waals surface area contributed by atoms with E-state index in [1.165, 1.54) is 0 Å². The number of hydrogen-bond acceptors (Lipinski definition) is 4. The van der Waals surface area contributed by atoms with E-state index in [2.05, 4.69) is 11.8 Å². The molecular formula is C23H22N2O4. The fourth-order valence-electron chi connectivity index (χ4n) is 2.80. The molecule has 1 aromatic heterocycles. The zero-order valence-corrected chi connectivity index (χ0v) is 16.3. The molecular weight excluding hydrogens is 368 g/mol. The SMILES string of the molecule is CC(C)(C#CCc1c(O)n(OCc2ccccc2)c(=O)c2ccccc12)C(N)=O. The van der Waals surface area contributed by atoms with Gasteiger partial charge in [0.25, 0.3) is 5.56 Å². The van der Waals surface area contributed by atoms with E-state index in [1.54, 1.807) is 38.1 Å². The maximum atomic E-state index is 12.8. The number of rotatable bonds is 5. The first-order valence-electron chi connectivity index (χ1n) is 9.14. The van der Waals surface area contributed by atoms with Crippen LogP contribution in [0.1, 0.15) is 25.0 Å². The van der Waals surface area contributed by atoms with Crippen LogP contribution >= 0.6 is 0 Å². The Morgan fingerprint density at radius 2 is 1.72 bits per heavy atom. The summed E-state index contributed by atoms with van der Waals surface area (Å²) in [6, 6.07) is 16.3. The molecule has 0 unspecified atom stereocenters. The first-order valence-corrected chi connectivity index (χ1v) is 9.14. The summed E-state index contributed by atoms with van der Waals surface area (Å²) in [4.78, 5) is 29.9. The van der Waals surface area contributed by atoms with Crippen molar-refractivity contribution in [3.05, 3.63) is 76.1 Å². The lowest BCUT2D eigenvalue weighted by Gasteiger charge is -2.15. The molecule has 2 aromatic carbocycles. The number of nitrogens with zero attached hydrogens (tertiary/aromatic N) is 1. The van der Waals surface area contributed by atoms with Crippen molar-refractivity contribution in [3.8, 4) is 17.7 Å². The van der Waals surface area contributed by atoms with Crippen LogP contribution in [0.5, 0.6) is 5.88 Å². The second-order valence-electron chi connectivity index (χ2n) is 7.17. The van der Waals surface area contributed by atoms with Gasteiger partial charge in [-0.15, -0.1) is 4.73 Å². The molecule has 6 nitrogen and oxygen atoms in total. The van der Waals surface area contributed by atoms with Gasteiger partial charge in [0.2, 0.25) is 11.8 Å². The molecule has 0 saturated heterocycles. The van der Waals surface area contributed by atoms with Crippen LogP contribution in [0, 0.1) is 17.3 Å². The van der Waals surface area contributed by atoms with Gasteiger partial charge < -0.3 is 15.7 Å². The van der Waals surface area contributed by atoms with Crippen LogP contribution in [-0.2, 0) is 17.8 Å². The highest BCUT2D eigenvalue weighted by Crippen LogP contribution is 2.25. The van der Waals surface area contributed by atoms with Gasteiger partial charge in [-0.1, -0.05) is 60.4 Å². The summed E-state index contributed by atoms with van der Waals surface area (Å²) < 4.78 is 0.894. The van der Waals surface area contributed by atoms with Crippen molar-refractivity contribution >= 4 is 16.7 Å². The van der Waals surface area contributed by atoms with Gasteiger partial charge in [0.1, 0.15) is 12.0 Å². The summed E-state index contributed by atoms with van der Waals surface area (Å²) in [5, 5.41) is 11.8. The third-order valence-corrected chi connectivity index (χ3v) is 4.61. The number of amides is 1. The van der Waals surface area contributed by atoms with Crippen molar-refractivity contribution in [3.63, 3.8) is 0 Å². The minimum atomic E-state index is -0.996. The zero-order valence-electron chi connectivity index (χ0n) is 16.3. The first-order chi connectivity index (χ1) is 13.8. The van der Waals surface area contributed by atoms with E-state index >= 15 is 0 Å². The lowest BCUT2D eigenvalue weighted by Crippen LogP contribution is -2.30. The van der Waals surface area contributed by atoms with Gasteiger partial charge in [-0.25, -0.2) is 0 Å². The molecule has 0 bridgehead atoms. The van der Waals surface area contributed by atoms with Crippen LogP contribution < -0.4 is 16.1 Å². The second kappa shape index (κ2) is 8.11. The third kappa shape index (κ3) is 4.25. The lowest BCUT2D eigenvalue weighted by molar-refractivity contribution is -0.123. The monoisotopic (exact) mass is 390 g/mol. The summed E-state index contributed by atoms with van der Waals surface area (Å²) in [7, 11) is 0. The topological polar surface area (TPSA) is 94.6 Å². The Balaban J connectivity index is 2.03. The lowest BCUT2D eigenvalue weighted by atomic mass is 9.93. The molecule has 1 heterocycles. The van der Waals surface area contributed by atoms with Crippen LogP contribution in [0.2, 0.25) is 0 Å². The summed E-state index contributed by atoms with van der Waals surface area (Å²) in [5.41, 5.74) is 5.20. The predicted octanol–water partition coefficient (Wildman–Crippen LogP) is 2.39. The van der Waals surface area contributed by atoms with Gasteiger partial charge in [0.05, 0.1) is 5.39 Å². The molecule has 0 saturated carbocycles. The van der Waals surface area contributed by atoms with Crippen LogP contribution in [-0.4, -0.2) is 15.7 Å². The Bertz CT molecular complexity index is 1170.